The lowest BCUT2D eigenvalue weighted by Crippen LogP contribution is -2.16. The fourth-order valence-corrected chi connectivity index (χ4v) is 10.4. The SMILES string of the molecule is CC1(C)c2ccccc2-c2ccc(N(c3ccccc3)c3cc(-c4nc(-c5ccccc5)c5sc6ccccc6c5n4)c4oc5cc6ccccc6cc5c4c3)cc21. The predicted molar refractivity (Wildman–Crippen MR) is 243 cm³/mol. The van der Waals surface area contributed by atoms with Gasteiger partial charge in [-0.15, -0.1) is 11.3 Å². The lowest BCUT2D eigenvalue weighted by molar-refractivity contribution is 0.660. The maximum absolute atomic E-state index is 6.95. The minimum Gasteiger partial charge on any atom is -0.455 e. The number of thiophene rings is 1. The van der Waals surface area contributed by atoms with Crippen LogP contribution in [0.4, 0.5) is 17.1 Å². The highest BCUT2D eigenvalue weighted by Crippen LogP contribution is 2.51. The molecule has 0 N–H and O–H groups in total. The Morgan fingerprint density at radius 1 is 0.517 bits per heavy atom. The number of para-hydroxylation sites is 1. The van der Waals surface area contributed by atoms with Gasteiger partial charge in [-0.25, -0.2) is 9.97 Å². The topological polar surface area (TPSA) is 42.2 Å². The Kier molecular flexibility index (Phi) is 7.11. The number of anilines is 3. The first kappa shape index (κ1) is 33.1. The van der Waals surface area contributed by atoms with Crippen molar-refractivity contribution in [3.63, 3.8) is 0 Å². The molecule has 0 saturated heterocycles. The number of furan rings is 1. The molecular weight excluding hydrogens is 727 g/mol. The van der Waals surface area contributed by atoms with Crippen molar-refractivity contribution in [3.05, 3.63) is 187 Å². The average Bonchev–Trinajstić information content (AvgIpc) is 3.90. The summed E-state index contributed by atoms with van der Waals surface area (Å²) in [5, 5.41) is 5.50. The number of hydrogen-bond donors (Lipinski definition) is 0. The van der Waals surface area contributed by atoms with Gasteiger partial charge >= 0.3 is 0 Å². The van der Waals surface area contributed by atoms with Gasteiger partial charge in [-0.1, -0.05) is 135 Å². The quantitative estimate of drug-likeness (QED) is 0.175. The van der Waals surface area contributed by atoms with Crippen molar-refractivity contribution in [1.82, 2.24) is 9.97 Å². The largest absolute Gasteiger partial charge is 0.455 e. The Labute approximate surface area is 339 Å². The molecule has 0 saturated carbocycles. The monoisotopic (exact) mass is 761 g/mol. The molecule has 274 valence electrons. The molecule has 3 aromatic heterocycles. The van der Waals surface area contributed by atoms with E-state index in [1.165, 1.54) is 32.3 Å². The third-order valence-electron chi connectivity index (χ3n) is 12.0. The lowest BCUT2D eigenvalue weighted by atomic mass is 9.82. The van der Waals surface area contributed by atoms with Crippen LogP contribution in [0.15, 0.2) is 180 Å². The van der Waals surface area contributed by atoms with Gasteiger partial charge in [0.15, 0.2) is 5.82 Å². The summed E-state index contributed by atoms with van der Waals surface area (Å²) in [7, 11) is 0. The molecule has 0 bridgehead atoms. The van der Waals surface area contributed by atoms with Crippen molar-refractivity contribution in [2.75, 3.05) is 4.90 Å². The molecule has 3 heterocycles. The molecule has 0 atom stereocenters. The van der Waals surface area contributed by atoms with E-state index >= 15 is 0 Å². The molecule has 11 aromatic rings. The Balaban J connectivity index is 1.17. The van der Waals surface area contributed by atoms with Crippen LogP contribution in [0, 0.1) is 0 Å². The maximum Gasteiger partial charge on any atom is 0.164 e. The number of nitrogens with zero attached hydrogens (tertiary/aromatic N) is 3. The van der Waals surface area contributed by atoms with Crippen molar-refractivity contribution in [2.24, 2.45) is 0 Å². The third-order valence-corrected chi connectivity index (χ3v) is 13.2. The van der Waals surface area contributed by atoms with Crippen LogP contribution < -0.4 is 4.90 Å². The maximum atomic E-state index is 6.95. The fraction of sp³-hybridized carbons (Fsp3) is 0.0566. The van der Waals surface area contributed by atoms with Crippen molar-refractivity contribution in [3.8, 4) is 33.8 Å². The highest BCUT2D eigenvalue weighted by atomic mass is 32.1. The van der Waals surface area contributed by atoms with E-state index in [9.17, 15) is 0 Å². The molecule has 0 fully saturated rings. The average molecular weight is 762 g/mol. The number of aromatic nitrogens is 2. The van der Waals surface area contributed by atoms with E-state index in [0.717, 1.165) is 76.8 Å². The van der Waals surface area contributed by atoms with Crippen molar-refractivity contribution >= 4 is 81.4 Å². The summed E-state index contributed by atoms with van der Waals surface area (Å²) in [4.78, 5) is 13.3. The molecule has 4 nitrogen and oxygen atoms in total. The molecule has 1 aliphatic rings. The molecule has 0 amide bonds. The smallest absolute Gasteiger partial charge is 0.164 e. The Morgan fingerprint density at radius 2 is 1.22 bits per heavy atom. The van der Waals surface area contributed by atoms with E-state index in [0.29, 0.717) is 5.82 Å². The van der Waals surface area contributed by atoms with Crippen LogP contribution in [0.2, 0.25) is 0 Å². The molecule has 0 unspecified atom stereocenters. The summed E-state index contributed by atoms with van der Waals surface area (Å²) >= 11 is 1.75. The van der Waals surface area contributed by atoms with Gasteiger partial charge in [-0.05, 0) is 87.6 Å². The minimum atomic E-state index is -0.151. The van der Waals surface area contributed by atoms with Gasteiger partial charge in [-0.2, -0.15) is 0 Å². The number of fused-ring (bicyclic) bond motifs is 10. The third kappa shape index (κ3) is 4.93. The molecule has 0 spiro atoms. The highest BCUT2D eigenvalue weighted by Gasteiger charge is 2.36. The molecule has 1 aliphatic carbocycles. The van der Waals surface area contributed by atoms with Crippen LogP contribution in [0.3, 0.4) is 0 Å². The van der Waals surface area contributed by atoms with Crippen molar-refractivity contribution in [1.29, 1.82) is 0 Å². The van der Waals surface area contributed by atoms with E-state index in [1.807, 2.05) is 0 Å². The van der Waals surface area contributed by atoms with Crippen LogP contribution in [-0.4, -0.2) is 9.97 Å². The van der Waals surface area contributed by atoms with E-state index in [1.54, 1.807) is 11.3 Å². The van der Waals surface area contributed by atoms with Crippen LogP contribution in [0.5, 0.6) is 0 Å². The standard InChI is InChI=1S/C53H35N3OS/c1-53(2)44-23-13-11-21-38(44)39-26-25-36(31-45(39)53)56(35-19-7-4-8-20-35)37-29-42-41-27-33-17-9-10-18-34(33)28-46(41)57-50(42)43(30-37)52-54-48(32-15-5-3-6-16-32)51-49(55-52)40-22-12-14-24-47(40)58-51/h3-31H,1-2H3. The Hall–Kier alpha value is -7.08. The van der Waals surface area contributed by atoms with Crippen LogP contribution in [0.1, 0.15) is 25.0 Å². The number of rotatable bonds is 5. The first-order valence-electron chi connectivity index (χ1n) is 19.7. The normalized spacial score (nSPS) is 13.1. The highest BCUT2D eigenvalue weighted by molar-refractivity contribution is 7.26. The second-order valence-corrected chi connectivity index (χ2v) is 16.8. The summed E-state index contributed by atoms with van der Waals surface area (Å²) in [5.41, 5.74) is 13.6. The van der Waals surface area contributed by atoms with Gasteiger partial charge in [0.1, 0.15) is 11.2 Å². The van der Waals surface area contributed by atoms with Crippen LogP contribution in [-0.2, 0) is 5.41 Å². The summed E-state index contributed by atoms with van der Waals surface area (Å²) < 4.78 is 9.21. The van der Waals surface area contributed by atoms with E-state index in [4.69, 9.17) is 14.4 Å². The van der Waals surface area contributed by atoms with Crippen LogP contribution >= 0.6 is 11.3 Å². The van der Waals surface area contributed by atoms with Gasteiger partial charge in [0.25, 0.3) is 0 Å². The Morgan fingerprint density at radius 3 is 2.07 bits per heavy atom. The molecule has 0 radical (unpaired) electrons. The first-order valence-corrected chi connectivity index (χ1v) is 20.5. The van der Waals surface area contributed by atoms with Crippen molar-refractivity contribution < 1.29 is 4.42 Å². The molecule has 8 aromatic carbocycles. The van der Waals surface area contributed by atoms with Gasteiger partial charge in [0, 0.05) is 48.9 Å². The molecule has 12 rings (SSSR count). The minimum absolute atomic E-state index is 0.151. The number of benzene rings is 8. The van der Waals surface area contributed by atoms with Crippen molar-refractivity contribution in [2.45, 2.75) is 19.3 Å². The summed E-state index contributed by atoms with van der Waals surface area (Å²) in [6, 6.07) is 62.9. The summed E-state index contributed by atoms with van der Waals surface area (Å²) in [6.07, 6.45) is 0. The van der Waals surface area contributed by atoms with Gasteiger partial charge in [-0.3, -0.25) is 0 Å². The van der Waals surface area contributed by atoms with Crippen LogP contribution in [0.25, 0.3) is 86.8 Å². The zero-order chi connectivity index (χ0) is 38.5. The van der Waals surface area contributed by atoms with E-state index in [-0.39, 0.29) is 5.41 Å². The predicted octanol–water partition coefficient (Wildman–Crippen LogP) is 15.0. The summed E-state index contributed by atoms with van der Waals surface area (Å²) in [5.74, 6) is 0.629. The second-order valence-electron chi connectivity index (χ2n) is 15.8. The second kappa shape index (κ2) is 12.5. The molecule has 0 aliphatic heterocycles. The first-order chi connectivity index (χ1) is 28.5. The van der Waals surface area contributed by atoms with Gasteiger partial charge < -0.3 is 9.32 Å². The zero-order valence-electron chi connectivity index (χ0n) is 31.9. The van der Waals surface area contributed by atoms with Gasteiger partial charge in [0.05, 0.1) is 21.5 Å². The molecule has 58 heavy (non-hydrogen) atoms. The molecule has 5 heteroatoms. The number of hydrogen-bond acceptors (Lipinski definition) is 5. The Bertz CT molecular complexity index is 3440. The van der Waals surface area contributed by atoms with E-state index in [2.05, 4.69) is 195 Å². The fourth-order valence-electron chi connectivity index (χ4n) is 9.20. The summed E-state index contributed by atoms with van der Waals surface area (Å²) in [6.45, 7) is 4.68. The molecular formula is C53H35N3OS. The van der Waals surface area contributed by atoms with Gasteiger partial charge in [0.2, 0.25) is 0 Å². The van der Waals surface area contributed by atoms with E-state index < -0.39 is 0 Å². The zero-order valence-corrected chi connectivity index (χ0v) is 32.7. The lowest BCUT2D eigenvalue weighted by Gasteiger charge is -2.28.